The monoisotopic (exact) mass is 192 g/mol. The molecule has 1 aromatic rings. The van der Waals surface area contributed by atoms with Crippen molar-refractivity contribution in [3.8, 4) is 0 Å². The van der Waals surface area contributed by atoms with Crippen LogP contribution in [0.15, 0.2) is 29.2 Å². The molecule has 0 N–H and O–H groups in total. The molecule has 4 heteroatoms. The summed E-state index contributed by atoms with van der Waals surface area (Å²) in [4.78, 5) is 33.7. The summed E-state index contributed by atoms with van der Waals surface area (Å²) in [5, 5.41) is -0.691. The van der Waals surface area contributed by atoms with Crippen LogP contribution < -0.4 is 0 Å². The molecule has 0 aromatic heterocycles. The van der Waals surface area contributed by atoms with Crippen LogP contribution in [0, 0.1) is 0 Å². The zero-order valence-electron chi connectivity index (χ0n) is 6.44. The van der Waals surface area contributed by atoms with Gasteiger partial charge in [-0.2, -0.15) is 0 Å². The molecule has 1 aliphatic rings. The van der Waals surface area contributed by atoms with Gasteiger partial charge in [0.1, 0.15) is 0 Å². The molecule has 0 fully saturated rings. The summed E-state index contributed by atoms with van der Waals surface area (Å²) in [6.45, 7) is 0. The summed E-state index contributed by atoms with van der Waals surface area (Å²) in [5.41, 5.74) is 0.331. The standard InChI is InChI=1S/C9H4O3S/c10-7-5-3-1-2-4-6(5)13-9(12)8(7)11/h1-4H. The van der Waals surface area contributed by atoms with Crippen molar-refractivity contribution in [1.82, 2.24) is 0 Å². The Kier molecular flexibility index (Phi) is 1.77. The van der Waals surface area contributed by atoms with Crippen LogP contribution in [0.4, 0.5) is 0 Å². The molecule has 0 amide bonds. The van der Waals surface area contributed by atoms with Crippen LogP contribution in [0.25, 0.3) is 0 Å². The fraction of sp³-hybridized carbons (Fsp3) is 0. The lowest BCUT2D eigenvalue weighted by atomic mass is 10.1. The summed E-state index contributed by atoms with van der Waals surface area (Å²) in [5.74, 6) is -1.62. The highest BCUT2D eigenvalue weighted by Crippen LogP contribution is 2.28. The second kappa shape index (κ2) is 2.81. The van der Waals surface area contributed by atoms with Gasteiger partial charge in [0.25, 0.3) is 10.9 Å². The minimum Gasteiger partial charge on any atom is -0.285 e. The second-order valence-corrected chi connectivity index (χ2v) is 3.56. The molecule has 0 atom stereocenters. The van der Waals surface area contributed by atoms with E-state index in [0.717, 1.165) is 11.8 Å². The summed E-state index contributed by atoms with van der Waals surface area (Å²) in [7, 11) is 0. The summed E-state index contributed by atoms with van der Waals surface area (Å²) in [6.07, 6.45) is 0. The number of benzene rings is 1. The highest BCUT2D eigenvalue weighted by Gasteiger charge is 2.32. The van der Waals surface area contributed by atoms with Gasteiger partial charge in [-0.05, 0) is 23.9 Å². The number of thioether (sulfide) groups is 1. The van der Waals surface area contributed by atoms with Crippen molar-refractivity contribution in [3.05, 3.63) is 29.8 Å². The van der Waals surface area contributed by atoms with E-state index < -0.39 is 16.7 Å². The van der Waals surface area contributed by atoms with Crippen LogP contribution in [0.1, 0.15) is 10.4 Å². The predicted octanol–water partition coefficient (Wildman–Crippen LogP) is 1.07. The van der Waals surface area contributed by atoms with Crippen molar-refractivity contribution >= 4 is 28.4 Å². The fourth-order valence-electron chi connectivity index (χ4n) is 1.10. The number of carbonyl (C=O) groups is 3. The first kappa shape index (κ1) is 8.19. The van der Waals surface area contributed by atoms with Gasteiger partial charge >= 0.3 is 0 Å². The van der Waals surface area contributed by atoms with Crippen LogP contribution in [0.5, 0.6) is 0 Å². The summed E-state index contributed by atoms with van der Waals surface area (Å²) in [6, 6.07) is 6.60. The van der Waals surface area contributed by atoms with Gasteiger partial charge in [0.2, 0.25) is 5.78 Å². The highest BCUT2D eigenvalue weighted by atomic mass is 32.2. The Bertz CT molecular complexity index is 423. The maximum absolute atomic E-state index is 11.2. The van der Waals surface area contributed by atoms with Crippen molar-refractivity contribution in [2.45, 2.75) is 4.90 Å². The number of hydrogen-bond acceptors (Lipinski definition) is 4. The third kappa shape index (κ3) is 1.19. The molecule has 0 spiro atoms. The van der Waals surface area contributed by atoms with E-state index in [4.69, 9.17) is 0 Å². The average Bonchev–Trinajstić information content (AvgIpc) is 2.15. The molecule has 0 radical (unpaired) electrons. The number of ketones is 2. The van der Waals surface area contributed by atoms with Crippen LogP contribution in [0.3, 0.4) is 0 Å². The number of fused-ring (bicyclic) bond motifs is 1. The summed E-state index contributed by atoms with van der Waals surface area (Å²) < 4.78 is 0. The molecule has 3 nitrogen and oxygen atoms in total. The molecular weight excluding hydrogens is 188 g/mol. The third-order valence-corrected chi connectivity index (χ3v) is 2.67. The molecular formula is C9H4O3S. The Morgan fingerprint density at radius 3 is 2.38 bits per heavy atom. The Labute approximate surface area is 78.1 Å². The van der Waals surface area contributed by atoms with E-state index in [9.17, 15) is 14.4 Å². The SMILES string of the molecule is O=C1Sc2ccccc2C(=O)C1=O. The third-order valence-electron chi connectivity index (χ3n) is 1.73. The van der Waals surface area contributed by atoms with Crippen molar-refractivity contribution in [2.75, 3.05) is 0 Å². The summed E-state index contributed by atoms with van der Waals surface area (Å²) >= 11 is 0.814. The molecule has 2 rings (SSSR count). The van der Waals surface area contributed by atoms with E-state index in [2.05, 4.69) is 0 Å². The van der Waals surface area contributed by atoms with Crippen molar-refractivity contribution in [2.24, 2.45) is 0 Å². The molecule has 0 saturated carbocycles. The van der Waals surface area contributed by atoms with Crippen LogP contribution in [0.2, 0.25) is 0 Å². The minimum absolute atomic E-state index is 0.331. The maximum Gasteiger partial charge on any atom is 0.280 e. The van der Waals surface area contributed by atoms with Gasteiger partial charge < -0.3 is 0 Å². The molecule has 13 heavy (non-hydrogen) atoms. The topological polar surface area (TPSA) is 51.2 Å². The van der Waals surface area contributed by atoms with E-state index >= 15 is 0 Å². The molecule has 64 valence electrons. The molecule has 1 heterocycles. The van der Waals surface area contributed by atoms with E-state index in [1.165, 1.54) is 0 Å². The first-order valence-corrected chi connectivity index (χ1v) is 4.41. The van der Waals surface area contributed by atoms with Gasteiger partial charge in [-0.1, -0.05) is 12.1 Å². The minimum atomic E-state index is -0.927. The molecule has 1 aromatic carbocycles. The zero-order chi connectivity index (χ0) is 9.42. The van der Waals surface area contributed by atoms with Gasteiger partial charge in [0, 0.05) is 10.5 Å². The average molecular weight is 192 g/mol. The van der Waals surface area contributed by atoms with Crippen molar-refractivity contribution in [3.63, 3.8) is 0 Å². The van der Waals surface area contributed by atoms with Crippen LogP contribution >= 0.6 is 11.8 Å². The quantitative estimate of drug-likeness (QED) is 0.577. The van der Waals surface area contributed by atoms with E-state index in [1.807, 2.05) is 0 Å². The van der Waals surface area contributed by atoms with E-state index in [1.54, 1.807) is 24.3 Å². The Balaban J connectivity index is 2.62. The van der Waals surface area contributed by atoms with Crippen LogP contribution in [-0.4, -0.2) is 16.7 Å². The molecule has 0 aliphatic carbocycles. The van der Waals surface area contributed by atoms with Gasteiger partial charge in [0.05, 0.1) is 0 Å². The van der Waals surface area contributed by atoms with Gasteiger partial charge in [-0.3, -0.25) is 14.4 Å². The lowest BCUT2D eigenvalue weighted by Gasteiger charge is -2.10. The number of carbonyl (C=O) groups excluding carboxylic acids is 3. The van der Waals surface area contributed by atoms with Gasteiger partial charge in [-0.25, -0.2) is 0 Å². The molecule has 1 aliphatic heterocycles. The second-order valence-electron chi connectivity index (χ2n) is 2.54. The Hall–Kier alpha value is -1.42. The Morgan fingerprint density at radius 1 is 0.923 bits per heavy atom. The first-order chi connectivity index (χ1) is 6.20. The number of hydrogen-bond donors (Lipinski definition) is 0. The predicted molar refractivity (Wildman–Crippen MR) is 46.6 cm³/mol. The number of rotatable bonds is 0. The smallest absolute Gasteiger partial charge is 0.280 e. The first-order valence-electron chi connectivity index (χ1n) is 3.60. The van der Waals surface area contributed by atoms with Crippen molar-refractivity contribution < 1.29 is 14.4 Å². The fourth-order valence-corrected chi connectivity index (χ4v) is 1.91. The maximum atomic E-state index is 11.2. The van der Waals surface area contributed by atoms with E-state index in [0.29, 0.717) is 10.5 Å². The normalized spacial score (nSPS) is 15.8. The van der Waals surface area contributed by atoms with Gasteiger partial charge in [0.15, 0.2) is 0 Å². The lowest BCUT2D eigenvalue weighted by Crippen LogP contribution is -2.26. The molecule has 0 bridgehead atoms. The Morgan fingerprint density at radius 2 is 1.62 bits per heavy atom. The largest absolute Gasteiger partial charge is 0.285 e. The molecule has 0 unspecified atom stereocenters. The number of Topliss-reactive ketones (excluding diaryl/α,β-unsaturated/α-hetero) is 2. The van der Waals surface area contributed by atoms with Gasteiger partial charge in [-0.15, -0.1) is 0 Å². The lowest BCUT2D eigenvalue weighted by molar-refractivity contribution is -0.128. The zero-order valence-corrected chi connectivity index (χ0v) is 7.26. The van der Waals surface area contributed by atoms with Crippen LogP contribution in [-0.2, 0) is 9.59 Å². The van der Waals surface area contributed by atoms with Crippen molar-refractivity contribution in [1.29, 1.82) is 0 Å². The highest BCUT2D eigenvalue weighted by molar-refractivity contribution is 8.16. The molecule has 0 saturated heterocycles. The van der Waals surface area contributed by atoms with E-state index in [-0.39, 0.29) is 0 Å².